The van der Waals surface area contributed by atoms with E-state index in [-0.39, 0.29) is 43.7 Å². The summed E-state index contributed by atoms with van der Waals surface area (Å²) in [6.45, 7) is 1.69. The number of benzene rings is 2. The van der Waals surface area contributed by atoms with Gasteiger partial charge in [0.2, 0.25) is 5.43 Å². The summed E-state index contributed by atoms with van der Waals surface area (Å²) < 4.78 is 49.7. The number of amides is 2. The fraction of sp³-hybridized carbons (Fsp3) is 0.310. The Morgan fingerprint density at radius 2 is 1.88 bits per heavy atom. The first kappa shape index (κ1) is 29.4. The molecule has 2 bridgehead atoms. The van der Waals surface area contributed by atoms with Crippen LogP contribution in [-0.2, 0) is 18.0 Å². The fourth-order valence-corrected chi connectivity index (χ4v) is 5.41. The van der Waals surface area contributed by atoms with Gasteiger partial charge in [0.15, 0.2) is 11.4 Å². The predicted molar refractivity (Wildman–Crippen MR) is 150 cm³/mol. The topological polar surface area (TPSA) is 102 Å². The summed E-state index contributed by atoms with van der Waals surface area (Å²) in [5.74, 6) is -5.20. The number of aromatic nitrogens is 1. The fourth-order valence-electron chi connectivity index (χ4n) is 4.94. The third-order valence-corrected chi connectivity index (χ3v) is 7.65. The van der Waals surface area contributed by atoms with Crippen LogP contribution in [0.25, 0.3) is 0 Å². The summed E-state index contributed by atoms with van der Waals surface area (Å²) in [5, 5.41) is 6.39. The number of ether oxygens (including phenoxy) is 1. The van der Waals surface area contributed by atoms with Gasteiger partial charge in [0.25, 0.3) is 11.8 Å². The van der Waals surface area contributed by atoms with E-state index in [0.717, 1.165) is 5.56 Å². The quantitative estimate of drug-likeness (QED) is 0.419. The summed E-state index contributed by atoms with van der Waals surface area (Å²) >= 11 is 3.39. The van der Waals surface area contributed by atoms with E-state index in [1.807, 2.05) is 13.0 Å². The van der Waals surface area contributed by atoms with Crippen LogP contribution in [0, 0.1) is 17.5 Å². The summed E-state index contributed by atoms with van der Waals surface area (Å²) in [6.07, 6.45) is 2.00. The minimum Gasteiger partial charge on any atom is -0.483 e. The molecule has 0 saturated heterocycles. The van der Waals surface area contributed by atoms with Crippen LogP contribution in [0.5, 0.6) is 5.75 Å². The minimum atomic E-state index is -1.19. The largest absolute Gasteiger partial charge is 0.483 e. The van der Waals surface area contributed by atoms with Crippen LogP contribution < -0.4 is 15.5 Å². The van der Waals surface area contributed by atoms with E-state index in [9.17, 15) is 27.6 Å². The molecule has 2 aliphatic rings. The second kappa shape index (κ2) is 12.4. The zero-order valence-corrected chi connectivity index (χ0v) is 24.0. The molecule has 3 aromatic rings. The summed E-state index contributed by atoms with van der Waals surface area (Å²) in [7, 11) is 0. The van der Waals surface area contributed by atoms with Gasteiger partial charge in [-0.1, -0.05) is 35.5 Å². The maximum absolute atomic E-state index is 14.2. The molecule has 3 heterocycles. The van der Waals surface area contributed by atoms with Gasteiger partial charge < -0.3 is 24.4 Å². The Kier molecular flexibility index (Phi) is 8.66. The molecule has 0 radical (unpaired) electrons. The average Bonchev–Trinajstić information content (AvgIpc) is 2.95. The van der Waals surface area contributed by atoms with Gasteiger partial charge in [0, 0.05) is 55.9 Å². The number of nitrogens with zero attached hydrogens (tertiary/aromatic N) is 3. The van der Waals surface area contributed by atoms with Crippen LogP contribution in [0.2, 0.25) is 0 Å². The summed E-state index contributed by atoms with van der Waals surface area (Å²) in [5.41, 5.74) is -1.14. The second-order valence-electron chi connectivity index (χ2n) is 10.0. The van der Waals surface area contributed by atoms with E-state index in [4.69, 9.17) is 9.57 Å². The lowest BCUT2D eigenvalue weighted by Gasteiger charge is -2.40. The van der Waals surface area contributed by atoms with Crippen molar-refractivity contribution in [1.29, 1.82) is 0 Å². The van der Waals surface area contributed by atoms with E-state index in [0.29, 0.717) is 23.2 Å². The van der Waals surface area contributed by atoms with Crippen molar-refractivity contribution in [3.8, 4) is 5.75 Å². The number of hydrogen-bond acceptors (Lipinski definition) is 6. The first-order valence-corrected chi connectivity index (χ1v) is 14.0. The molecule has 13 heteroatoms. The lowest BCUT2D eigenvalue weighted by Crippen LogP contribution is -2.50. The highest BCUT2D eigenvalue weighted by Crippen LogP contribution is 2.32. The Hall–Kier alpha value is -4.13. The van der Waals surface area contributed by atoms with Gasteiger partial charge in [-0.3, -0.25) is 14.4 Å². The van der Waals surface area contributed by atoms with Gasteiger partial charge >= 0.3 is 0 Å². The molecule has 1 N–H and O–H groups in total. The van der Waals surface area contributed by atoms with Crippen LogP contribution in [0.3, 0.4) is 0 Å². The first-order valence-electron chi connectivity index (χ1n) is 13.2. The highest BCUT2D eigenvalue weighted by atomic mass is 79.9. The molecule has 0 fully saturated rings. The number of carbonyl (C=O) groups excluding carboxylic acids is 2. The zero-order chi connectivity index (χ0) is 30.0. The highest BCUT2D eigenvalue weighted by Gasteiger charge is 2.39. The number of oxime groups is 1. The molecule has 1 aromatic heterocycles. The molecule has 2 amide bonds. The zero-order valence-electron chi connectivity index (χ0n) is 22.4. The molecular weight excluding hydrogens is 621 g/mol. The molecule has 5 rings (SSSR count). The van der Waals surface area contributed by atoms with E-state index in [2.05, 4.69) is 26.4 Å². The van der Waals surface area contributed by atoms with E-state index in [1.54, 1.807) is 29.2 Å². The number of halogens is 4. The SMILES string of the molecule is C[C@H]1CCO/N=C(/Br)C[C@H]2CN1C(=O)c1c(OCc3ccccc3)c(=O)c(C(=O)NCc3c(F)cc(F)cc3F)cn12. The molecular formula is C29H26BrF3N4O5. The smallest absolute Gasteiger partial charge is 0.274 e. The summed E-state index contributed by atoms with van der Waals surface area (Å²) in [4.78, 5) is 47.9. The van der Waals surface area contributed by atoms with E-state index in [1.165, 1.54) is 10.8 Å². The van der Waals surface area contributed by atoms with Crippen molar-refractivity contribution in [3.63, 3.8) is 0 Å². The van der Waals surface area contributed by atoms with Gasteiger partial charge in [0.05, 0.1) is 6.04 Å². The molecule has 42 heavy (non-hydrogen) atoms. The van der Waals surface area contributed by atoms with Crippen molar-refractivity contribution < 1.29 is 32.3 Å². The van der Waals surface area contributed by atoms with Crippen molar-refractivity contribution >= 4 is 32.4 Å². The van der Waals surface area contributed by atoms with Crippen molar-refractivity contribution in [2.75, 3.05) is 13.2 Å². The molecule has 0 unspecified atom stereocenters. The second-order valence-corrected chi connectivity index (χ2v) is 10.9. The van der Waals surface area contributed by atoms with Crippen molar-refractivity contribution in [2.45, 2.75) is 45.0 Å². The van der Waals surface area contributed by atoms with Gasteiger partial charge in [-0.05, 0) is 28.4 Å². The molecule has 220 valence electrons. The maximum atomic E-state index is 14.2. The monoisotopic (exact) mass is 646 g/mol. The number of rotatable bonds is 6. The van der Waals surface area contributed by atoms with Crippen molar-refractivity contribution in [3.05, 3.63) is 98.7 Å². The molecule has 2 aromatic carbocycles. The Morgan fingerprint density at radius 3 is 2.60 bits per heavy atom. The lowest BCUT2D eigenvalue weighted by atomic mass is 10.0. The van der Waals surface area contributed by atoms with E-state index < -0.39 is 58.4 Å². The molecule has 0 aliphatic carbocycles. The van der Waals surface area contributed by atoms with Crippen molar-refractivity contribution in [2.24, 2.45) is 5.16 Å². The van der Waals surface area contributed by atoms with Crippen LogP contribution in [0.15, 0.2) is 58.6 Å². The van der Waals surface area contributed by atoms with Gasteiger partial charge in [-0.25, -0.2) is 13.2 Å². The highest BCUT2D eigenvalue weighted by molar-refractivity contribution is 9.18. The molecule has 2 atom stereocenters. The Labute approximate surface area is 247 Å². The maximum Gasteiger partial charge on any atom is 0.274 e. The van der Waals surface area contributed by atoms with E-state index >= 15 is 0 Å². The van der Waals surface area contributed by atoms with Crippen molar-refractivity contribution in [1.82, 2.24) is 14.8 Å². The average molecular weight is 647 g/mol. The molecule has 9 nitrogen and oxygen atoms in total. The number of nitrogens with one attached hydrogen (secondary N) is 1. The Balaban J connectivity index is 1.58. The molecule has 0 saturated carbocycles. The lowest BCUT2D eigenvalue weighted by molar-refractivity contribution is 0.0496. The normalized spacial score (nSPS) is 19.7. The molecule has 0 spiro atoms. The van der Waals surface area contributed by atoms with Crippen LogP contribution >= 0.6 is 15.9 Å². The van der Waals surface area contributed by atoms with Crippen LogP contribution in [-0.4, -0.2) is 45.1 Å². The van der Waals surface area contributed by atoms with Crippen LogP contribution in [0.1, 0.15) is 57.8 Å². The summed E-state index contributed by atoms with van der Waals surface area (Å²) in [6, 6.07) is 9.24. The Morgan fingerprint density at radius 1 is 1.17 bits per heavy atom. The predicted octanol–water partition coefficient (Wildman–Crippen LogP) is 4.68. The number of fused-ring (bicyclic) bond motifs is 4. The Bertz CT molecular complexity index is 1590. The molecule has 2 aliphatic heterocycles. The minimum absolute atomic E-state index is 0.0204. The number of pyridine rings is 1. The van der Waals surface area contributed by atoms with Gasteiger partial charge in [-0.15, -0.1) is 0 Å². The number of carbonyl (C=O) groups is 2. The number of hydrogen-bond donors (Lipinski definition) is 1. The van der Waals surface area contributed by atoms with Gasteiger partial charge in [0.1, 0.15) is 40.8 Å². The standard InChI is InChI=1S/C29H26BrF3N4O5/c1-16-7-8-42-35-24(30)11-19-13-36(16)29(40)25-27(41-15-17-5-3-2-4-6-17)26(38)21(14-37(19)25)28(39)34-12-20-22(32)9-18(31)10-23(20)33/h2-6,9-10,14,16,19H,7-8,11-13,15H2,1H3,(H,34,39)/b35-24+/t16-,19-/m0/s1. The van der Waals surface area contributed by atoms with Gasteiger partial charge in [-0.2, -0.15) is 0 Å². The van der Waals surface area contributed by atoms with Crippen LogP contribution in [0.4, 0.5) is 13.2 Å². The first-order chi connectivity index (χ1) is 20.1. The third kappa shape index (κ3) is 6.06. The third-order valence-electron chi connectivity index (χ3n) is 7.19.